The molecule has 2 N–H and O–H groups in total. The lowest BCUT2D eigenvalue weighted by molar-refractivity contribution is -0.122. The number of hydrogen-bond donors (Lipinski definition) is 2. The molecule has 1 amide bonds. The molecule has 1 aromatic rings. The second-order valence-electron chi connectivity index (χ2n) is 4.94. The largest absolute Gasteiger partial charge is 0.391 e. The van der Waals surface area contributed by atoms with Crippen molar-refractivity contribution in [2.45, 2.75) is 44.2 Å². The molecule has 19 heavy (non-hydrogen) atoms. The van der Waals surface area contributed by atoms with Crippen molar-refractivity contribution in [1.29, 1.82) is 0 Å². The van der Waals surface area contributed by atoms with Gasteiger partial charge in [-0.3, -0.25) is 4.79 Å². The first-order chi connectivity index (χ1) is 9.06. The van der Waals surface area contributed by atoms with Crippen LogP contribution in [-0.4, -0.2) is 23.2 Å². The molecule has 0 aromatic heterocycles. The fraction of sp³-hybridized carbons (Fsp3) is 0.500. The highest BCUT2D eigenvalue weighted by Crippen LogP contribution is 2.22. The number of carbonyl (C=O) groups is 1. The Labute approximate surface area is 126 Å². The van der Waals surface area contributed by atoms with Crippen molar-refractivity contribution >= 4 is 33.4 Å². The van der Waals surface area contributed by atoms with E-state index in [4.69, 9.17) is 11.6 Å². The zero-order valence-corrected chi connectivity index (χ0v) is 12.9. The maximum absolute atomic E-state index is 12.0. The lowest BCUT2D eigenvalue weighted by atomic mass is 9.92. The summed E-state index contributed by atoms with van der Waals surface area (Å²) < 4.78 is 0.872. The highest BCUT2D eigenvalue weighted by atomic mass is 79.9. The number of rotatable bonds is 3. The summed E-state index contributed by atoms with van der Waals surface area (Å²) >= 11 is 9.33. The molecule has 1 fully saturated rings. The Kier molecular flexibility index (Phi) is 5.25. The molecule has 0 aliphatic heterocycles. The van der Waals surface area contributed by atoms with Crippen molar-refractivity contribution in [3.63, 3.8) is 0 Å². The second kappa shape index (κ2) is 6.73. The fourth-order valence-electron chi connectivity index (χ4n) is 2.39. The van der Waals surface area contributed by atoms with Crippen LogP contribution in [0.15, 0.2) is 22.7 Å². The molecule has 1 aromatic carbocycles. The topological polar surface area (TPSA) is 49.3 Å². The van der Waals surface area contributed by atoms with Gasteiger partial charge in [-0.2, -0.15) is 0 Å². The summed E-state index contributed by atoms with van der Waals surface area (Å²) in [7, 11) is 0. The number of carbonyl (C=O) groups excluding carboxylic acids is 1. The Hall–Kier alpha value is -0.580. The van der Waals surface area contributed by atoms with E-state index in [1.54, 1.807) is 12.1 Å². The minimum atomic E-state index is -0.416. The smallest absolute Gasteiger partial charge is 0.224 e. The van der Waals surface area contributed by atoms with E-state index in [0.717, 1.165) is 35.7 Å². The van der Waals surface area contributed by atoms with E-state index < -0.39 is 6.10 Å². The Morgan fingerprint density at radius 3 is 2.89 bits per heavy atom. The summed E-state index contributed by atoms with van der Waals surface area (Å²) in [5.41, 5.74) is 0.857. The van der Waals surface area contributed by atoms with Crippen molar-refractivity contribution in [2.75, 3.05) is 0 Å². The molecule has 2 unspecified atom stereocenters. The number of aliphatic hydroxyl groups is 1. The van der Waals surface area contributed by atoms with Gasteiger partial charge in [0.15, 0.2) is 0 Å². The van der Waals surface area contributed by atoms with Gasteiger partial charge in [-0.1, -0.05) is 40.4 Å². The first kappa shape index (κ1) is 14.8. The average Bonchev–Trinajstić information content (AvgIpc) is 2.37. The molecule has 0 bridgehead atoms. The summed E-state index contributed by atoms with van der Waals surface area (Å²) in [6, 6.07) is 5.28. The predicted octanol–water partition coefficient (Wildman–Crippen LogP) is 3.06. The molecule has 0 radical (unpaired) electrons. The van der Waals surface area contributed by atoms with Gasteiger partial charge in [-0.05, 0) is 36.6 Å². The third-order valence-corrected chi connectivity index (χ3v) is 4.44. The van der Waals surface area contributed by atoms with Gasteiger partial charge in [-0.15, -0.1) is 0 Å². The van der Waals surface area contributed by atoms with Crippen LogP contribution in [-0.2, 0) is 11.2 Å². The van der Waals surface area contributed by atoms with Crippen LogP contribution in [0.4, 0.5) is 0 Å². The zero-order valence-electron chi connectivity index (χ0n) is 10.5. The summed E-state index contributed by atoms with van der Waals surface area (Å²) in [6.07, 6.45) is 3.57. The number of amides is 1. The Morgan fingerprint density at radius 1 is 1.42 bits per heavy atom. The maximum Gasteiger partial charge on any atom is 0.224 e. The number of hydrogen-bond acceptors (Lipinski definition) is 2. The number of nitrogens with one attached hydrogen (secondary N) is 1. The van der Waals surface area contributed by atoms with Gasteiger partial charge in [0.2, 0.25) is 5.91 Å². The van der Waals surface area contributed by atoms with Crippen LogP contribution in [0.25, 0.3) is 0 Å². The molecule has 1 saturated carbocycles. The molecule has 0 saturated heterocycles. The van der Waals surface area contributed by atoms with Crippen LogP contribution in [0, 0.1) is 0 Å². The Balaban J connectivity index is 1.95. The van der Waals surface area contributed by atoms with Crippen molar-refractivity contribution in [3.8, 4) is 0 Å². The molecule has 0 spiro atoms. The van der Waals surface area contributed by atoms with Crippen LogP contribution in [0.1, 0.15) is 31.2 Å². The van der Waals surface area contributed by atoms with E-state index in [2.05, 4.69) is 21.2 Å². The van der Waals surface area contributed by atoms with E-state index in [0.29, 0.717) is 5.02 Å². The van der Waals surface area contributed by atoms with E-state index in [9.17, 15) is 9.90 Å². The molecule has 1 aliphatic rings. The van der Waals surface area contributed by atoms with Gasteiger partial charge in [0, 0.05) is 9.50 Å². The summed E-state index contributed by atoms with van der Waals surface area (Å²) in [4.78, 5) is 12.0. The van der Waals surface area contributed by atoms with Crippen LogP contribution < -0.4 is 5.32 Å². The van der Waals surface area contributed by atoms with Crippen molar-refractivity contribution < 1.29 is 9.90 Å². The van der Waals surface area contributed by atoms with Gasteiger partial charge < -0.3 is 10.4 Å². The summed E-state index contributed by atoms with van der Waals surface area (Å²) in [5, 5.41) is 13.4. The summed E-state index contributed by atoms with van der Waals surface area (Å²) in [6.45, 7) is 0. The Bertz CT molecular complexity index is 467. The van der Waals surface area contributed by atoms with E-state index in [1.165, 1.54) is 0 Å². The Morgan fingerprint density at radius 2 is 2.16 bits per heavy atom. The number of aliphatic hydroxyl groups excluding tert-OH is 1. The van der Waals surface area contributed by atoms with Gasteiger partial charge in [0.05, 0.1) is 18.6 Å². The lowest BCUT2D eigenvalue weighted by Gasteiger charge is -2.28. The van der Waals surface area contributed by atoms with Crippen LogP contribution in [0.5, 0.6) is 0 Å². The van der Waals surface area contributed by atoms with E-state index >= 15 is 0 Å². The van der Waals surface area contributed by atoms with Gasteiger partial charge in [0.25, 0.3) is 0 Å². The molecule has 0 heterocycles. The minimum absolute atomic E-state index is 0.0751. The van der Waals surface area contributed by atoms with Gasteiger partial charge in [0.1, 0.15) is 0 Å². The van der Waals surface area contributed by atoms with Crippen molar-refractivity contribution in [3.05, 3.63) is 33.3 Å². The second-order valence-corrected chi connectivity index (χ2v) is 6.23. The highest BCUT2D eigenvalue weighted by Gasteiger charge is 2.24. The standard InChI is InChI=1S/C14H17BrClNO2/c15-11-6-5-10(16)7-9(11)8-14(19)17-12-3-1-2-4-13(12)18/h5-7,12-13,18H,1-4,8H2,(H,17,19). The quantitative estimate of drug-likeness (QED) is 0.884. The minimum Gasteiger partial charge on any atom is -0.391 e. The maximum atomic E-state index is 12.0. The van der Waals surface area contributed by atoms with Crippen molar-refractivity contribution in [2.24, 2.45) is 0 Å². The average molecular weight is 347 g/mol. The zero-order chi connectivity index (χ0) is 13.8. The monoisotopic (exact) mass is 345 g/mol. The SMILES string of the molecule is O=C(Cc1cc(Cl)ccc1Br)NC1CCCCC1O. The van der Waals surface area contributed by atoms with Crippen LogP contribution in [0.3, 0.4) is 0 Å². The van der Waals surface area contributed by atoms with Crippen molar-refractivity contribution in [1.82, 2.24) is 5.32 Å². The molecular formula is C14H17BrClNO2. The molecular weight excluding hydrogens is 330 g/mol. The first-order valence-electron chi connectivity index (χ1n) is 6.47. The lowest BCUT2D eigenvalue weighted by Crippen LogP contribution is -2.45. The van der Waals surface area contributed by atoms with Crippen LogP contribution in [0.2, 0.25) is 5.02 Å². The summed E-state index contributed by atoms with van der Waals surface area (Å²) in [5.74, 6) is -0.0751. The predicted molar refractivity (Wildman–Crippen MR) is 79.3 cm³/mol. The van der Waals surface area contributed by atoms with Gasteiger partial charge in [-0.25, -0.2) is 0 Å². The van der Waals surface area contributed by atoms with E-state index in [1.807, 2.05) is 6.07 Å². The van der Waals surface area contributed by atoms with E-state index in [-0.39, 0.29) is 18.4 Å². The number of benzene rings is 1. The molecule has 3 nitrogen and oxygen atoms in total. The fourth-order valence-corrected chi connectivity index (χ4v) is 2.97. The normalized spacial score (nSPS) is 23.1. The number of halogens is 2. The third-order valence-electron chi connectivity index (χ3n) is 3.43. The third kappa shape index (κ3) is 4.20. The van der Waals surface area contributed by atoms with Gasteiger partial charge >= 0.3 is 0 Å². The molecule has 2 rings (SSSR count). The molecule has 5 heteroatoms. The highest BCUT2D eigenvalue weighted by molar-refractivity contribution is 9.10. The first-order valence-corrected chi connectivity index (χ1v) is 7.64. The molecule has 2 atom stereocenters. The molecule has 104 valence electrons. The molecule has 1 aliphatic carbocycles. The van der Waals surface area contributed by atoms with Crippen LogP contribution >= 0.6 is 27.5 Å².